The predicted octanol–water partition coefficient (Wildman–Crippen LogP) is 4.74. The molecule has 0 aliphatic heterocycles. The van der Waals surface area contributed by atoms with Crippen LogP contribution in [-0.2, 0) is 18.6 Å². The second-order valence-electron chi connectivity index (χ2n) is 10.0. The average Bonchev–Trinajstić information content (AvgIpc) is 3.31. The number of aryl methyl sites for hydroxylation is 1. The number of methoxy groups -OCH3 is 1. The lowest BCUT2D eigenvalue weighted by atomic mass is 10.0. The Balaban J connectivity index is 1.77. The molecule has 0 amide bonds. The van der Waals surface area contributed by atoms with Gasteiger partial charge in [-0.05, 0) is 74.4 Å². The van der Waals surface area contributed by atoms with Crippen LogP contribution in [0.5, 0.6) is 5.75 Å². The van der Waals surface area contributed by atoms with Crippen molar-refractivity contribution in [1.29, 1.82) is 0 Å². The Hall–Kier alpha value is -3.52. The highest BCUT2D eigenvalue weighted by Crippen LogP contribution is 2.29. The summed E-state index contributed by atoms with van der Waals surface area (Å²) in [5, 5.41) is 13.6. The molecule has 0 bridgehead atoms. The third-order valence-corrected chi connectivity index (χ3v) is 6.26. The summed E-state index contributed by atoms with van der Waals surface area (Å²) in [6.45, 7) is 11.6. The van der Waals surface area contributed by atoms with Crippen molar-refractivity contribution in [3.63, 3.8) is 0 Å². The number of hydrogen-bond acceptors (Lipinski definition) is 6. The number of H-pyrrole nitrogens is 1. The van der Waals surface area contributed by atoms with Crippen LogP contribution in [0.3, 0.4) is 0 Å². The molecular weight excluding hydrogens is 440 g/mol. The lowest BCUT2D eigenvalue weighted by Crippen LogP contribution is -2.35. The number of hydrogen-bond donors (Lipinski definition) is 1. The van der Waals surface area contributed by atoms with Crippen molar-refractivity contribution in [3.8, 4) is 5.75 Å². The van der Waals surface area contributed by atoms with Crippen LogP contribution >= 0.6 is 0 Å². The van der Waals surface area contributed by atoms with E-state index in [0.717, 1.165) is 28.9 Å². The molecule has 4 rings (SSSR count). The Kier molecular flexibility index (Phi) is 7.03. The van der Waals surface area contributed by atoms with Crippen molar-refractivity contribution in [1.82, 2.24) is 30.1 Å². The number of aromatic amines is 1. The van der Waals surface area contributed by atoms with Crippen molar-refractivity contribution in [2.75, 3.05) is 7.11 Å². The molecule has 8 nitrogen and oxygen atoms in total. The Bertz CT molecular complexity index is 1350. The lowest BCUT2D eigenvalue weighted by molar-refractivity contribution is 0.153. The van der Waals surface area contributed by atoms with Gasteiger partial charge in [-0.3, -0.25) is 9.69 Å². The fourth-order valence-electron chi connectivity index (χ4n) is 4.38. The molecule has 2 heterocycles. The van der Waals surface area contributed by atoms with Crippen molar-refractivity contribution in [2.45, 2.75) is 65.7 Å². The van der Waals surface area contributed by atoms with Crippen molar-refractivity contribution < 1.29 is 4.74 Å². The number of benzene rings is 2. The quantitative estimate of drug-likeness (QED) is 0.397. The van der Waals surface area contributed by atoms with Gasteiger partial charge >= 0.3 is 0 Å². The number of rotatable bonds is 8. The zero-order chi connectivity index (χ0) is 25.2. The van der Waals surface area contributed by atoms with Crippen LogP contribution in [0.1, 0.15) is 62.7 Å². The average molecular weight is 475 g/mol. The number of ether oxygens (including phenoxy) is 1. The molecule has 0 aliphatic rings. The summed E-state index contributed by atoms with van der Waals surface area (Å²) in [7, 11) is 1.64. The van der Waals surface area contributed by atoms with Crippen LogP contribution < -0.4 is 10.3 Å². The van der Waals surface area contributed by atoms with E-state index in [0.29, 0.717) is 18.7 Å². The Labute approximate surface area is 205 Å². The Morgan fingerprint density at radius 2 is 1.83 bits per heavy atom. The van der Waals surface area contributed by atoms with Gasteiger partial charge in [0.1, 0.15) is 5.75 Å². The molecule has 8 heteroatoms. The zero-order valence-electron chi connectivity index (χ0n) is 21.4. The van der Waals surface area contributed by atoms with E-state index in [1.54, 1.807) is 7.11 Å². The van der Waals surface area contributed by atoms with E-state index in [4.69, 9.17) is 4.74 Å². The maximum absolute atomic E-state index is 13.1. The van der Waals surface area contributed by atoms with Gasteiger partial charge in [-0.15, -0.1) is 5.10 Å². The monoisotopic (exact) mass is 474 g/mol. The summed E-state index contributed by atoms with van der Waals surface area (Å²) in [4.78, 5) is 18.4. The molecule has 0 fully saturated rings. The molecule has 0 aliphatic carbocycles. The third kappa shape index (κ3) is 5.43. The van der Waals surface area contributed by atoms with Crippen LogP contribution in [0.4, 0.5) is 0 Å². The molecule has 0 radical (unpaired) electrons. The summed E-state index contributed by atoms with van der Waals surface area (Å²) in [6.07, 6.45) is 0.793. The van der Waals surface area contributed by atoms with Crippen LogP contribution in [0.25, 0.3) is 10.9 Å². The highest BCUT2D eigenvalue weighted by Gasteiger charge is 2.29. The minimum Gasteiger partial charge on any atom is -0.497 e. The van der Waals surface area contributed by atoms with Gasteiger partial charge in [-0.25, -0.2) is 4.68 Å². The number of fused-ring (bicyclic) bond motifs is 1. The van der Waals surface area contributed by atoms with E-state index in [1.165, 1.54) is 11.1 Å². The highest BCUT2D eigenvalue weighted by molar-refractivity contribution is 5.80. The summed E-state index contributed by atoms with van der Waals surface area (Å²) >= 11 is 0. The summed E-state index contributed by atoms with van der Waals surface area (Å²) in [6, 6.07) is 16.0. The van der Waals surface area contributed by atoms with Crippen molar-refractivity contribution in [2.24, 2.45) is 0 Å². The standard InChI is InChI=1S/C27H34N6O2/c1-7-24(25-29-30-31-33(25)27(3,4)5)32(16-19-10-8-18(2)9-11-19)17-21-14-20-15-22(35-6)12-13-23(20)28-26(21)34/h8-15,24H,7,16-17H2,1-6H3,(H,28,34)/t24-/m0/s1. The van der Waals surface area contributed by atoms with Crippen LogP contribution in [0.2, 0.25) is 0 Å². The molecule has 35 heavy (non-hydrogen) atoms. The normalized spacial score (nSPS) is 12.9. The zero-order valence-corrected chi connectivity index (χ0v) is 21.4. The van der Waals surface area contributed by atoms with Gasteiger partial charge in [0, 0.05) is 29.6 Å². The van der Waals surface area contributed by atoms with Crippen LogP contribution in [0.15, 0.2) is 53.3 Å². The number of pyridine rings is 1. The molecule has 0 unspecified atom stereocenters. The highest BCUT2D eigenvalue weighted by atomic mass is 16.5. The molecule has 0 spiro atoms. The number of nitrogens with zero attached hydrogens (tertiary/aromatic N) is 5. The largest absolute Gasteiger partial charge is 0.497 e. The topological polar surface area (TPSA) is 88.9 Å². The first-order chi connectivity index (χ1) is 16.7. The Morgan fingerprint density at radius 1 is 1.09 bits per heavy atom. The Morgan fingerprint density at radius 3 is 2.49 bits per heavy atom. The second-order valence-corrected chi connectivity index (χ2v) is 10.0. The molecule has 184 valence electrons. The predicted molar refractivity (Wildman–Crippen MR) is 137 cm³/mol. The van der Waals surface area contributed by atoms with E-state index in [9.17, 15) is 4.79 Å². The van der Waals surface area contributed by atoms with Gasteiger partial charge in [0.05, 0.1) is 18.7 Å². The van der Waals surface area contributed by atoms with Gasteiger partial charge in [0.2, 0.25) is 0 Å². The molecule has 0 saturated carbocycles. The fourth-order valence-corrected chi connectivity index (χ4v) is 4.38. The van der Waals surface area contributed by atoms with Gasteiger partial charge in [0.15, 0.2) is 5.82 Å². The first-order valence-corrected chi connectivity index (χ1v) is 12.0. The van der Waals surface area contributed by atoms with Gasteiger partial charge in [-0.2, -0.15) is 0 Å². The molecule has 1 N–H and O–H groups in total. The summed E-state index contributed by atoms with van der Waals surface area (Å²) in [5.74, 6) is 1.55. The van der Waals surface area contributed by atoms with E-state index in [-0.39, 0.29) is 17.1 Å². The number of tetrazole rings is 1. The fraction of sp³-hybridized carbons (Fsp3) is 0.407. The summed E-state index contributed by atoms with van der Waals surface area (Å²) in [5.41, 5.74) is 3.49. The van der Waals surface area contributed by atoms with Gasteiger partial charge in [0.25, 0.3) is 5.56 Å². The first-order valence-electron chi connectivity index (χ1n) is 12.0. The molecule has 2 aromatic heterocycles. The van der Waals surface area contributed by atoms with Crippen LogP contribution in [0, 0.1) is 6.92 Å². The van der Waals surface area contributed by atoms with E-state index in [2.05, 4.69) is 84.3 Å². The van der Waals surface area contributed by atoms with Gasteiger partial charge < -0.3 is 9.72 Å². The minimum atomic E-state index is -0.265. The maximum Gasteiger partial charge on any atom is 0.252 e. The molecular formula is C27H34N6O2. The molecule has 2 aromatic carbocycles. The second kappa shape index (κ2) is 10.00. The molecule has 1 atom stereocenters. The number of nitrogens with one attached hydrogen (secondary N) is 1. The SMILES string of the molecule is CC[C@@H](c1nnnn1C(C)(C)C)N(Cc1ccc(C)cc1)Cc1cc2cc(OC)ccc2[nH]c1=O. The van der Waals surface area contributed by atoms with E-state index in [1.807, 2.05) is 28.9 Å². The minimum absolute atomic E-state index is 0.0778. The first kappa shape index (κ1) is 24.6. The lowest BCUT2D eigenvalue weighted by Gasteiger charge is -2.32. The maximum atomic E-state index is 13.1. The van der Waals surface area contributed by atoms with E-state index >= 15 is 0 Å². The number of aromatic nitrogens is 5. The summed E-state index contributed by atoms with van der Waals surface area (Å²) < 4.78 is 7.27. The molecule has 0 saturated heterocycles. The van der Waals surface area contributed by atoms with Crippen LogP contribution in [-0.4, -0.2) is 37.2 Å². The third-order valence-electron chi connectivity index (χ3n) is 6.26. The smallest absolute Gasteiger partial charge is 0.252 e. The molecule has 4 aromatic rings. The van der Waals surface area contributed by atoms with E-state index < -0.39 is 0 Å². The van der Waals surface area contributed by atoms with Crippen molar-refractivity contribution in [3.05, 3.63) is 81.4 Å². The van der Waals surface area contributed by atoms with Gasteiger partial charge in [-0.1, -0.05) is 36.8 Å². The van der Waals surface area contributed by atoms with Crippen molar-refractivity contribution >= 4 is 10.9 Å².